The van der Waals surface area contributed by atoms with E-state index in [2.05, 4.69) is 86.1 Å². The summed E-state index contributed by atoms with van der Waals surface area (Å²) in [6, 6.07) is -5.87. The second-order valence-corrected chi connectivity index (χ2v) is 28.3. The zero-order chi connectivity index (χ0) is 87.3. The number of carboxylic acid groups (broad SMARTS) is 3. The number of carboxylic acids is 3. The SMILES string of the molecule is CC[C@H](C)[C@H](NC(=O)[C@@H]1CCCN1C(=O)[C@H](Cc1ccccc1)NC(=O)[C@H](CO)NC(=O)[C@H](CCCCN)NC(=O)[C@H](CC(=O)O)NC(=O)[C@H](Cc1ccc(O)cc1)NC(=O)[C@H](CS)NC(=O)[C@@H](N)C(C)C)C(=O)N[C@@H](CO)C(=O)N[C@@H](Cc1cnc[nH]1)C(=O)N[C@H](C(=O)N[C@@H](CCCN=C(N)N)C(=O)O)C(C)C.O=C(O)C(F)(F)F. The minimum absolute atomic E-state index is 0.0444. The fraction of sp³-hybridized carbons (Fsp3) is 0.569. The molecule has 644 valence electrons. The van der Waals surface area contributed by atoms with Crippen LogP contribution in [0.2, 0.25) is 0 Å². The summed E-state index contributed by atoms with van der Waals surface area (Å²) in [5.41, 5.74) is 23.7. The van der Waals surface area contributed by atoms with Crippen LogP contribution in [0, 0.1) is 17.8 Å². The van der Waals surface area contributed by atoms with E-state index in [1.165, 1.54) is 41.7 Å². The molecule has 0 aliphatic carbocycles. The lowest BCUT2D eigenvalue weighted by Gasteiger charge is -2.32. The Morgan fingerprint density at radius 3 is 1.58 bits per heavy atom. The first-order valence-corrected chi connectivity index (χ1v) is 37.8. The fourth-order valence-corrected chi connectivity index (χ4v) is 11.7. The average Bonchev–Trinajstić information content (AvgIpc) is 1.56. The number of likely N-dealkylation sites (tertiary alicyclic amines) is 1. The van der Waals surface area contributed by atoms with Crippen molar-refractivity contribution in [2.75, 3.05) is 38.6 Å². The Hall–Kier alpha value is -11.2. The number of guanidine groups is 1. The molecule has 116 heavy (non-hydrogen) atoms. The molecule has 4 rings (SSSR count). The first-order chi connectivity index (χ1) is 54.6. The summed E-state index contributed by atoms with van der Waals surface area (Å²) in [4.78, 5) is 215. The van der Waals surface area contributed by atoms with Crippen LogP contribution in [0.4, 0.5) is 13.2 Å². The number of carbonyl (C=O) groups is 15. The molecule has 2 aromatic carbocycles. The van der Waals surface area contributed by atoms with Gasteiger partial charge < -0.3 is 122 Å². The summed E-state index contributed by atoms with van der Waals surface area (Å²) in [6.07, 6.45) is -3.39. The highest BCUT2D eigenvalue weighted by atomic mass is 32.1. The summed E-state index contributed by atoms with van der Waals surface area (Å²) in [7, 11) is 0. The second kappa shape index (κ2) is 49.5. The van der Waals surface area contributed by atoms with Crippen molar-refractivity contribution >= 4 is 107 Å². The number of amides is 12. The molecule has 44 heteroatoms. The predicted molar refractivity (Wildman–Crippen MR) is 412 cm³/mol. The molecule has 1 aliphatic rings. The number of H-pyrrole nitrogens is 1. The quantitative estimate of drug-likeness (QED) is 0.0110. The van der Waals surface area contributed by atoms with Gasteiger partial charge in [-0.15, -0.1) is 0 Å². The minimum Gasteiger partial charge on any atom is -0.508 e. The molecule has 1 aromatic heterocycles. The maximum absolute atomic E-state index is 15.0. The van der Waals surface area contributed by atoms with Gasteiger partial charge in [-0.1, -0.05) is 90.4 Å². The van der Waals surface area contributed by atoms with Crippen LogP contribution in [-0.4, -0.2) is 264 Å². The number of carbonyl (C=O) groups excluding carboxylic acids is 12. The van der Waals surface area contributed by atoms with Crippen LogP contribution in [0.1, 0.15) is 116 Å². The summed E-state index contributed by atoms with van der Waals surface area (Å²) < 4.78 is 31.7. The number of rotatable bonds is 47. The van der Waals surface area contributed by atoms with Crippen molar-refractivity contribution in [2.45, 2.75) is 203 Å². The van der Waals surface area contributed by atoms with Crippen LogP contribution in [0.3, 0.4) is 0 Å². The molecule has 3 aromatic rings. The smallest absolute Gasteiger partial charge is 0.490 e. The van der Waals surface area contributed by atoms with Crippen LogP contribution < -0.4 is 81.4 Å². The summed E-state index contributed by atoms with van der Waals surface area (Å²) in [6.45, 7) is 7.86. The topological polar surface area (TPSA) is 658 Å². The number of alkyl halides is 3. The number of hydrogen-bond donors (Lipinski definition) is 23. The number of aliphatic imine (C=N–C) groups is 1. The number of unbranched alkanes of at least 4 members (excludes halogenated alkanes) is 1. The van der Waals surface area contributed by atoms with Gasteiger partial charge in [-0.3, -0.25) is 67.3 Å². The number of aromatic amines is 1. The third-order valence-corrected chi connectivity index (χ3v) is 18.6. The molecular weight excluding hydrogens is 1560 g/mol. The Balaban J connectivity index is 0.00000474. The van der Waals surface area contributed by atoms with Gasteiger partial charge in [0.1, 0.15) is 78.3 Å². The highest BCUT2D eigenvalue weighted by molar-refractivity contribution is 7.80. The van der Waals surface area contributed by atoms with E-state index in [1.54, 1.807) is 71.9 Å². The number of nitrogens with two attached hydrogens (primary N) is 4. The van der Waals surface area contributed by atoms with Gasteiger partial charge in [-0.05, 0) is 92.5 Å². The molecule has 12 amide bonds. The predicted octanol–water partition coefficient (Wildman–Crippen LogP) is -4.56. The Morgan fingerprint density at radius 1 is 0.586 bits per heavy atom. The molecule has 14 atom stereocenters. The normalized spacial score (nSPS) is 15.9. The van der Waals surface area contributed by atoms with Gasteiger partial charge in [0, 0.05) is 50.0 Å². The number of phenolic OH excluding ortho intramolecular Hbond substituents is 1. The standard InChI is InChI=1S/C70H107N19O19S.C2HF3O2/c1-7-38(6)56(67(105)85-50(33-91)61(99)81-46(29-41-31-75-35-77-41)60(98)87-55(37(4)5)66(104)79-44(69(107)108)18-13-25-76-70(73)74)88-64(102)52-19-14-26-89(52)68(106)48(28-39-15-9-8-10-16-39)83-62(100)49(32-90)84-57(95)43(17-11-12-24-71)78-59(97)47(30-53(93)94)82-58(96)45(27-40-20-22-42(92)23-21-40)80-63(101)51(34-109)86-65(103)54(72)36(2)3;3-2(4,5)1(6)7/h8-10,15-16,20-23,31,35-38,43-52,54-56,90-92,109H,7,11-14,17-19,24-30,32-34,71-72H2,1-6H3,(H,75,77)(H,78,97)(H,79,104)(H,80,101)(H,81,99)(H,82,96)(H,83,100)(H,84,95)(H,85,105)(H,86,103)(H,87,98)(H,88,102)(H,93,94)(H,107,108)(H4,73,74,76);(H,6,7)/t38-,43-,44-,45-,46-,47-,48-,49-,50-,51-,52-,54-,55-,56-;/m0./s1. The van der Waals surface area contributed by atoms with Crippen LogP contribution in [0.5, 0.6) is 5.75 Å². The number of aliphatic hydroxyl groups is 2. The van der Waals surface area contributed by atoms with Crippen LogP contribution in [0.25, 0.3) is 0 Å². The lowest BCUT2D eigenvalue weighted by Crippen LogP contribution is -2.62. The van der Waals surface area contributed by atoms with Crippen molar-refractivity contribution in [1.82, 2.24) is 73.4 Å². The number of aliphatic hydroxyl groups excluding tert-OH is 2. The van der Waals surface area contributed by atoms with Gasteiger partial charge >= 0.3 is 24.1 Å². The lowest BCUT2D eigenvalue weighted by atomic mass is 9.97. The Morgan fingerprint density at radius 2 is 1.06 bits per heavy atom. The van der Waals surface area contributed by atoms with Crippen molar-refractivity contribution in [2.24, 2.45) is 45.7 Å². The van der Waals surface area contributed by atoms with E-state index >= 15 is 0 Å². The molecule has 40 nitrogen and oxygen atoms in total. The molecule has 0 radical (unpaired) electrons. The van der Waals surface area contributed by atoms with Gasteiger partial charge in [0.15, 0.2) is 5.96 Å². The van der Waals surface area contributed by atoms with E-state index < -0.39 is 205 Å². The van der Waals surface area contributed by atoms with Gasteiger partial charge in [0.25, 0.3) is 0 Å². The molecular formula is C72H108F3N19O21S. The lowest BCUT2D eigenvalue weighted by molar-refractivity contribution is -0.192. The van der Waals surface area contributed by atoms with E-state index in [-0.39, 0.29) is 107 Å². The maximum Gasteiger partial charge on any atom is 0.490 e. The summed E-state index contributed by atoms with van der Waals surface area (Å²) in [5, 5.41) is 85.7. The van der Waals surface area contributed by atoms with E-state index in [0.717, 1.165) is 0 Å². The van der Waals surface area contributed by atoms with Crippen LogP contribution in [0.15, 0.2) is 72.1 Å². The molecule has 1 saturated heterocycles. The first-order valence-electron chi connectivity index (χ1n) is 37.1. The van der Waals surface area contributed by atoms with E-state index in [1.807, 2.05) is 0 Å². The number of benzene rings is 2. The van der Waals surface area contributed by atoms with Crippen molar-refractivity contribution < 1.29 is 116 Å². The molecule has 26 N–H and O–H groups in total. The number of hydrogen-bond acceptors (Lipinski definition) is 23. The molecule has 1 fully saturated rings. The largest absolute Gasteiger partial charge is 0.508 e. The fourth-order valence-electron chi connectivity index (χ4n) is 11.4. The average molecular weight is 1660 g/mol. The Labute approximate surface area is 671 Å². The van der Waals surface area contributed by atoms with E-state index in [4.69, 9.17) is 32.8 Å². The van der Waals surface area contributed by atoms with Crippen molar-refractivity contribution in [3.63, 3.8) is 0 Å². The number of thiol groups is 1. The third kappa shape index (κ3) is 33.7. The van der Waals surface area contributed by atoms with Crippen LogP contribution >= 0.6 is 12.6 Å². The monoisotopic (exact) mass is 1660 g/mol. The number of halogens is 3. The van der Waals surface area contributed by atoms with Gasteiger partial charge in [-0.25, -0.2) is 14.6 Å². The number of nitrogens with zero attached hydrogens (tertiary/aromatic N) is 3. The summed E-state index contributed by atoms with van der Waals surface area (Å²) >= 11 is 4.20. The van der Waals surface area contributed by atoms with Gasteiger partial charge in [0.05, 0.1) is 32.0 Å². The number of imidazole rings is 1. The summed E-state index contributed by atoms with van der Waals surface area (Å²) in [5.74, 6) is -19.6. The first kappa shape index (κ1) is 98.9. The molecule has 0 bridgehead atoms. The highest BCUT2D eigenvalue weighted by Crippen LogP contribution is 2.23. The number of aromatic nitrogens is 2. The zero-order valence-corrected chi connectivity index (χ0v) is 65.7. The number of phenols is 1. The number of aliphatic carboxylic acids is 3. The molecule has 0 spiro atoms. The molecule has 0 saturated carbocycles. The van der Waals surface area contributed by atoms with Crippen molar-refractivity contribution in [3.05, 3.63) is 83.9 Å². The van der Waals surface area contributed by atoms with Gasteiger partial charge in [-0.2, -0.15) is 25.8 Å². The molecule has 0 unspecified atom stereocenters. The third-order valence-electron chi connectivity index (χ3n) is 18.3. The highest BCUT2D eigenvalue weighted by Gasteiger charge is 2.43. The minimum atomic E-state index is -5.08. The Kier molecular flexibility index (Phi) is 42.2. The maximum atomic E-state index is 15.0. The van der Waals surface area contributed by atoms with Crippen molar-refractivity contribution in [3.8, 4) is 5.75 Å². The molecule has 2 heterocycles. The number of nitrogens with one attached hydrogen (secondary N) is 12. The second-order valence-electron chi connectivity index (χ2n) is 28.0. The van der Waals surface area contributed by atoms with Gasteiger partial charge in [0.2, 0.25) is 70.9 Å². The van der Waals surface area contributed by atoms with Crippen molar-refractivity contribution in [1.29, 1.82) is 0 Å². The van der Waals surface area contributed by atoms with E-state index in [9.17, 15) is 106 Å². The van der Waals surface area contributed by atoms with Crippen LogP contribution in [-0.2, 0) is 91.2 Å². The van der Waals surface area contributed by atoms with E-state index in [0.29, 0.717) is 23.2 Å². The Bertz CT molecular complexity index is 3810. The zero-order valence-electron chi connectivity index (χ0n) is 64.9. The number of aromatic hydroxyl groups is 1. The molecule has 1 aliphatic heterocycles.